The van der Waals surface area contributed by atoms with E-state index in [4.69, 9.17) is 5.73 Å². The molecule has 1 saturated heterocycles. The van der Waals surface area contributed by atoms with Crippen LogP contribution in [0.1, 0.15) is 23.4 Å². The quantitative estimate of drug-likeness (QED) is 0.876. The van der Waals surface area contributed by atoms with Gasteiger partial charge < -0.3 is 15.4 Å². The molecule has 0 aliphatic carbocycles. The summed E-state index contributed by atoms with van der Waals surface area (Å²) in [6, 6.07) is 7.85. The summed E-state index contributed by atoms with van der Waals surface area (Å²) >= 11 is 0. The third-order valence-corrected chi connectivity index (χ3v) is 5.20. The Kier molecular flexibility index (Phi) is 3.86. The number of aromatic nitrogens is 2. The van der Waals surface area contributed by atoms with Gasteiger partial charge in [0.25, 0.3) is 0 Å². The van der Waals surface area contributed by atoms with E-state index in [1.165, 1.54) is 5.56 Å². The largest absolute Gasteiger partial charge is 0.480 e. The fraction of sp³-hybridized carbons (Fsp3) is 0.444. The maximum atomic E-state index is 11.8. The van der Waals surface area contributed by atoms with Crippen molar-refractivity contribution < 1.29 is 9.90 Å². The summed E-state index contributed by atoms with van der Waals surface area (Å²) in [5, 5.41) is 9.66. The van der Waals surface area contributed by atoms with E-state index in [-0.39, 0.29) is 6.04 Å². The molecule has 126 valence electrons. The number of fused-ring (bicyclic) bond motifs is 3. The van der Waals surface area contributed by atoms with Gasteiger partial charge in [-0.15, -0.1) is 0 Å². The molecule has 0 spiro atoms. The van der Waals surface area contributed by atoms with Crippen LogP contribution in [-0.2, 0) is 24.1 Å². The van der Waals surface area contributed by atoms with Gasteiger partial charge in [-0.2, -0.15) is 0 Å². The minimum Gasteiger partial charge on any atom is -0.480 e. The van der Waals surface area contributed by atoms with Gasteiger partial charge in [0.1, 0.15) is 6.04 Å². The molecule has 6 nitrogen and oxygen atoms in total. The number of rotatable bonds is 4. The monoisotopic (exact) mass is 326 g/mol. The molecule has 6 heteroatoms. The van der Waals surface area contributed by atoms with Crippen LogP contribution < -0.4 is 5.73 Å². The first-order chi connectivity index (χ1) is 11.6. The number of carboxylic acids is 1. The van der Waals surface area contributed by atoms with Crippen molar-refractivity contribution in [1.29, 1.82) is 0 Å². The highest BCUT2D eigenvalue weighted by Crippen LogP contribution is 2.27. The third kappa shape index (κ3) is 2.61. The van der Waals surface area contributed by atoms with Gasteiger partial charge >= 0.3 is 5.97 Å². The molecule has 1 fully saturated rings. The van der Waals surface area contributed by atoms with Crippen LogP contribution in [0.2, 0.25) is 0 Å². The first-order valence-electron chi connectivity index (χ1n) is 8.49. The van der Waals surface area contributed by atoms with Gasteiger partial charge in [0.15, 0.2) is 0 Å². The lowest BCUT2D eigenvalue weighted by atomic mass is 9.99. The predicted octanol–water partition coefficient (Wildman–Crippen LogP) is 1.000. The van der Waals surface area contributed by atoms with Crippen LogP contribution in [0.3, 0.4) is 0 Å². The molecule has 0 bridgehead atoms. The van der Waals surface area contributed by atoms with Crippen molar-refractivity contribution in [3.8, 4) is 5.69 Å². The fourth-order valence-corrected chi connectivity index (χ4v) is 3.92. The topological polar surface area (TPSA) is 84.4 Å². The molecule has 3 heterocycles. The van der Waals surface area contributed by atoms with E-state index in [0.29, 0.717) is 13.0 Å². The smallest absolute Gasteiger partial charge is 0.321 e. The van der Waals surface area contributed by atoms with Crippen molar-refractivity contribution in [2.24, 2.45) is 5.73 Å². The third-order valence-electron chi connectivity index (χ3n) is 5.20. The molecule has 2 aliphatic heterocycles. The van der Waals surface area contributed by atoms with E-state index in [0.717, 1.165) is 42.9 Å². The number of para-hydroxylation sites is 1. The molecule has 0 radical (unpaired) electrons. The zero-order valence-corrected chi connectivity index (χ0v) is 13.6. The Morgan fingerprint density at radius 1 is 1.38 bits per heavy atom. The molecule has 24 heavy (non-hydrogen) atoms. The first-order valence-corrected chi connectivity index (χ1v) is 8.49. The van der Waals surface area contributed by atoms with Crippen molar-refractivity contribution in [3.05, 3.63) is 47.5 Å². The number of hydrogen-bond acceptors (Lipinski definition) is 4. The lowest BCUT2D eigenvalue weighted by molar-refractivity contribution is -0.142. The van der Waals surface area contributed by atoms with E-state index in [1.807, 2.05) is 17.3 Å². The molecule has 0 saturated carbocycles. The van der Waals surface area contributed by atoms with E-state index in [1.54, 1.807) is 0 Å². The second-order valence-electron chi connectivity index (χ2n) is 6.74. The molecule has 1 aromatic carbocycles. The van der Waals surface area contributed by atoms with Gasteiger partial charge in [-0.1, -0.05) is 18.2 Å². The van der Waals surface area contributed by atoms with Gasteiger partial charge in [-0.3, -0.25) is 9.69 Å². The van der Waals surface area contributed by atoms with Gasteiger partial charge in [-0.05, 0) is 30.9 Å². The molecule has 3 N–H and O–H groups in total. The predicted molar refractivity (Wildman–Crippen MR) is 90.3 cm³/mol. The van der Waals surface area contributed by atoms with E-state index in [9.17, 15) is 9.90 Å². The van der Waals surface area contributed by atoms with Crippen LogP contribution >= 0.6 is 0 Å². The van der Waals surface area contributed by atoms with Crippen molar-refractivity contribution in [1.82, 2.24) is 14.5 Å². The van der Waals surface area contributed by atoms with E-state index < -0.39 is 12.0 Å². The maximum absolute atomic E-state index is 11.8. The summed E-state index contributed by atoms with van der Waals surface area (Å²) in [6.07, 6.45) is 5.00. The summed E-state index contributed by atoms with van der Waals surface area (Å²) in [7, 11) is 0. The normalized spacial score (nSPS) is 21.3. The summed E-state index contributed by atoms with van der Waals surface area (Å²) in [5.41, 5.74) is 10.5. The summed E-state index contributed by atoms with van der Waals surface area (Å²) in [6.45, 7) is 1.40. The fourth-order valence-electron chi connectivity index (χ4n) is 3.92. The van der Waals surface area contributed by atoms with Crippen LogP contribution in [-0.4, -0.2) is 50.7 Å². The van der Waals surface area contributed by atoms with Crippen molar-refractivity contribution in [2.75, 3.05) is 13.1 Å². The second kappa shape index (κ2) is 6.03. The molecule has 2 atom stereocenters. The molecule has 1 aromatic heterocycles. The average molecular weight is 326 g/mol. The molecular formula is C18H22N4O2. The lowest BCUT2D eigenvalue weighted by Gasteiger charge is -2.24. The van der Waals surface area contributed by atoms with Crippen LogP contribution in [0.4, 0.5) is 0 Å². The number of aryl methyl sites for hydroxylation is 1. The standard InChI is InChI=1S/C18H22N4O2/c19-13-7-8-21(10-13)17(18(23)24)9-14-16-6-5-12-3-1-2-4-15(12)22(16)11-20-14/h1-4,11,13,17H,5-10,19H2,(H,23,24). The molecule has 0 amide bonds. The van der Waals surface area contributed by atoms with E-state index in [2.05, 4.69) is 27.8 Å². The highest BCUT2D eigenvalue weighted by atomic mass is 16.4. The number of imidazole rings is 1. The van der Waals surface area contributed by atoms with Crippen LogP contribution in [0.25, 0.3) is 5.69 Å². The Balaban J connectivity index is 1.62. The number of likely N-dealkylation sites (tertiary alicyclic amines) is 1. The summed E-state index contributed by atoms with van der Waals surface area (Å²) < 4.78 is 2.11. The number of hydrogen-bond donors (Lipinski definition) is 2. The van der Waals surface area contributed by atoms with Gasteiger partial charge in [0.2, 0.25) is 0 Å². The maximum Gasteiger partial charge on any atom is 0.321 e. The Bertz CT molecular complexity index is 770. The Hall–Kier alpha value is -2.18. The number of carboxylic acid groups (broad SMARTS) is 1. The number of nitrogens with two attached hydrogens (primary N) is 1. The first kappa shape index (κ1) is 15.4. The van der Waals surface area contributed by atoms with Crippen LogP contribution in [0.15, 0.2) is 30.6 Å². The minimum absolute atomic E-state index is 0.0784. The Morgan fingerprint density at radius 2 is 2.21 bits per heavy atom. The highest BCUT2D eigenvalue weighted by Gasteiger charge is 2.33. The summed E-state index contributed by atoms with van der Waals surface area (Å²) in [4.78, 5) is 18.3. The molecular weight excluding hydrogens is 304 g/mol. The number of nitrogens with zero attached hydrogens (tertiary/aromatic N) is 3. The minimum atomic E-state index is -0.790. The van der Waals surface area contributed by atoms with Gasteiger partial charge in [0, 0.05) is 36.9 Å². The zero-order chi connectivity index (χ0) is 16.7. The molecule has 4 rings (SSSR count). The molecule has 2 unspecified atom stereocenters. The summed E-state index contributed by atoms with van der Waals surface area (Å²) in [5.74, 6) is -0.790. The van der Waals surface area contributed by atoms with Gasteiger partial charge in [0.05, 0.1) is 12.0 Å². The Labute approximate surface area is 140 Å². The zero-order valence-electron chi connectivity index (χ0n) is 13.6. The van der Waals surface area contributed by atoms with Crippen molar-refractivity contribution in [2.45, 2.75) is 37.8 Å². The Morgan fingerprint density at radius 3 is 2.96 bits per heavy atom. The molecule has 2 aromatic rings. The van der Waals surface area contributed by atoms with Gasteiger partial charge in [-0.25, -0.2) is 4.98 Å². The van der Waals surface area contributed by atoms with Crippen LogP contribution in [0.5, 0.6) is 0 Å². The molecule has 2 aliphatic rings. The SMILES string of the molecule is NC1CCN(C(Cc2ncn3c2CCc2ccccc2-3)C(=O)O)C1. The number of benzene rings is 1. The van der Waals surface area contributed by atoms with Crippen molar-refractivity contribution >= 4 is 5.97 Å². The van der Waals surface area contributed by atoms with Crippen molar-refractivity contribution in [3.63, 3.8) is 0 Å². The van der Waals surface area contributed by atoms with Crippen LogP contribution in [0, 0.1) is 0 Å². The number of carbonyl (C=O) groups is 1. The lowest BCUT2D eigenvalue weighted by Crippen LogP contribution is -2.42. The average Bonchev–Trinajstić information content (AvgIpc) is 3.18. The second-order valence-corrected chi connectivity index (χ2v) is 6.74. The highest BCUT2D eigenvalue weighted by molar-refractivity contribution is 5.74. The van der Waals surface area contributed by atoms with E-state index >= 15 is 0 Å². The number of aliphatic carboxylic acids is 1.